The summed E-state index contributed by atoms with van der Waals surface area (Å²) in [6, 6.07) is 21.5. The zero-order valence-corrected chi connectivity index (χ0v) is 23.3. The van der Waals surface area contributed by atoms with Gasteiger partial charge in [0.15, 0.2) is 0 Å². The van der Waals surface area contributed by atoms with Gasteiger partial charge >= 0.3 is 7.12 Å². The molecule has 0 N–H and O–H groups in total. The zero-order valence-electron chi connectivity index (χ0n) is 23.3. The SMILES string of the molecule is CC1(C)c2cc(C#N)ccc2-c2ccc(-c3cccc4c3OC3C=CC(B5OC(C)(C)C(C)(C)O5)=CC43)cc21. The number of para-hydroxylation sites is 1. The third-order valence-electron chi connectivity index (χ3n) is 9.50. The van der Waals surface area contributed by atoms with Crippen LogP contribution >= 0.6 is 0 Å². The predicted molar refractivity (Wildman–Crippen MR) is 155 cm³/mol. The summed E-state index contributed by atoms with van der Waals surface area (Å²) in [7, 11) is -0.387. The molecule has 0 radical (unpaired) electrons. The van der Waals surface area contributed by atoms with Gasteiger partial charge in [0, 0.05) is 22.5 Å². The fourth-order valence-electron chi connectivity index (χ4n) is 6.49. The number of allylic oxidation sites excluding steroid dienone is 2. The molecule has 4 aliphatic rings. The van der Waals surface area contributed by atoms with Crippen LogP contribution < -0.4 is 4.74 Å². The summed E-state index contributed by atoms with van der Waals surface area (Å²) in [4.78, 5) is 0. The highest BCUT2D eigenvalue weighted by molar-refractivity contribution is 6.55. The fourth-order valence-corrected chi connectivity index (χ4v) is 6.49. The van der Waals surface area contributed by atoms with Crippen LogP contribution in [0.4, 0.5) is 0 Å². The van der Waals surface area contributed by atoms with Crippen LogP contribution in [-0.2, 0) is 14.7 Å². The Morgan fingerprint density at radius 3 is 2.23 bits per heavy atom. The second-order valence-corrected chi connectivity index (χ2v) is 12.7. The molecule has 39 heavy (non-hydrogen) atoms. The molecule has 2 aliphatic carbocycles. The summed E-state index contributed by atoms with van der Waals surface area (Å²) < 4.78 is 19.3. The normalized spacial score (nSPS) is 24.2. The third kappa shape index (κ3) is 3.45. The van der Waals surface area contributed by atoms with Crippen molar-refractivity contribution in [3.8, 4) is 34.1 Å². The van der Waals surface area contributed by atoms with Crippen molar-refractivity contribution in [2.24, 2.45) is 0 Å². The Bertz CT molecular complexity index is 1640. The molecule has 0 bridgehead atoms. The van der Waals surface area contributed by atoms with Crippen molar-refractivity contribution in [3.63, 3.8) is 0 Å². The first-order valence-corrected chi connectivity index (χ1v) is 13.8. The van der Waals surface area contributed by atoms with Gasteiger partial charge in [-0.25, -0.2) is 0 Å². The van der Waals surface area contributed by atoms with E-state index in [1.54, 1.807) is 0 Å². The largest absolute Gasteiger partial charge is 0.494 e. The number of nitriles is 1. The lowest BCUT2D eigenvalue weighted by Crippen LogP contribution is -2.41. The molecule has 0 amide bonds. The standard InChI is InChI=1S/C34H32BNO3/c1-32(2)28-16-20(19-36)10-13-24(28)25-14-11-21(17-29(25)32)23-8-7-9-26-27-18-22(12-15-30(27)37-31(23)26)35-38-33(3,4)34(5,6)39-35/h7-18,27,30H,1-6H3. The molecule has 2 aliphatic heterocycles. The van der Waals surface area contributed by atoms with Crippen LogP contribution in [-0.4, -0.2) is 24.4 Å². The van der Waals surface area contributed by atoms with Gasteiger partial charge in [-0.15, -0.1) is 0 Å². The minimum absolute atomic E-state index is 0.0492. The first-order valence-electron chi connectivity index (χ1n) is 13.8. The summed E-state index contributed by atoms with van der Waals surface area (Å²) >= 11 is 0. The summed E-state index contributed by atoms with van der Waals surface area (Å²) in [6.07, 6.45) is 6.45. The zero-order chi connectivity index (χ0) is 27.3. The molecule has 7 rings (SSSR count). The van der Waals surface area contributed by atoms with Gasteiger partial charge in [-0.2, -0.15) is 5.26 Å². The van der Waals surface area contributed by atoms with Crippen LogP contribution in [0.2, 0.25) is 0 Å². The van der Waals surface area contributed by atoms with Gasteiger partial charge in [-0.1, -0.05) is 62.4 Å². The molecule has 3 aromatic rings. The Hall–Kier alpha value is -3.59. The van der Waals surface area contributed by atoms with Crippen molar-refractivity contribution in [2.75, 3.05) is 0 Å². The quantitative estimate of drug-likeness (QED) is 0.333. The van der Waals surface area contributed by atoms with E-state index in [4.69, 9.17) is 14.0 Å². The van der Waals surface area contributed by atoms with Gasteiger partial charge in [0.25, 0.3) is 0 Å². The van der Waals surface area contributed by atoms with Crippen molar-refractivity contribution in [3.05, 3.63) is 101 Å². The first-order chi connectivity index (χ1) is 18.5. The number of hydrogen-bond donors (Lipinski definition) is 0. The highest BCUT2D eigenvalue weighted by Gasteiger charge is 2.53. The Morgan fingerprint density at radius 2 is 1.51 bits per heavy atom. The average Bonchev–Trinajstić information content (AvgIpc) is 3.47. The van der Waals surface area contributed by atoms with E-state index in [0.29, 0.717) is 5.56 Å². The molecule has 1 fully saturated rings. The van der Waals surface area contributed by atoms with Crippen molar-refractivity contribution >= 4 is 7.12 Å². The number of hydrogen-bond acceptors (Lipinski definition) is 4. The molecule has 0 spiro atoms. The molecule has 194 valence electrons. The lowest BCUT2D eigenvalue weighted by atomic mass is 9.72. The van der Waals surface area contributed by atoms with E-state index < -0.39 is 0 Å². The van der Waals surface area contributed by atoms with Gasteiger partial charge in [0.05, 0.1) is 22.8 Å². The predicted octanol–water partition coefficient (Wildman–Crippen LogP) is 7.50. The topological polar surface area (TPSA) is 51.5 Å². The number of fused-ring (bicyclic) bond motifs is 6. The van der Waals surface area contributed by atoms with Gasteiger partial charge in [0.2, 0.25) is 0 Å². The fraction of sp³-hybridized carbons (Fsp3) is 0.324. The molecular weight excluding hydrogens is 481 g/mol. The molecular formula is C34H32BNO3. The van der Waals surface area contributed by atoms with E-state index in [1.165, 1.54) is 27.8 Å². The van der Waals surface area contributed by atoms with Crippen molar-refractivity contribution in [1.29, 1.82) is 5.26 Å². The Kier molecular flexibility index (Phi) is 5.00. The maximum absolute atomic E-state index is 9.46. The lowest BCUT2D eigenvalue weighted by molar-refractivity contribution is 0.00578. The monoisotopic (exact) mass is 513 g/mol. The Morgan fingerprint density at radius 1 is 0.821 bits per heavy atom. The third-order valence-corrected chi connectivity index (χ3v) is 9.50. The van der Waals surface area contributed by atoms with E-state index in [2.05, 4.69) is 108 Å². The second-order valence-electron chi connectivity index (χ2n) is 12.7. The van der Waals surface area contributed by atoms with E-state index in [1.807, 2.05) is 12.1 Å². The van der Waals surface area contributed by atoms with Gasteiger partial charge in [-0.05, 0) is 85.3 Å². The van der Waals surface area contributed by atoms with Crippen LogP contribution in [0.15, 0.2) is 78.3 Å². The van der Waals surface area contributed by atoms with Gasteiger partial charge in [0.1, 0.15) is 11.9 Å². The molecule has 2 unspecified atom stereocenters. The number of ether oxygens (including phenoxy) is 1. The van der Waals surface area contributed by atoms with Crippen LogP contribution in [0.5, 0.6) is 5.75 Å². The summed E-state index contributed by atoms with van der Waals surface area (Å²) in [5, 5.41) is 9.46. The molecule has 5 heteroatoms. The lowest BCUT2D eigenvalue weighted by Gasteiger charge is -2.32. The highest BCUT2D eigenvalue weighted by atomic mass is 16.7. The molecule has 0 saturated carbocycles. The highest BCUT2D eigenvalue weighted by Crippen LogP contribution is 2.52. The van der Waals surface area contributed by atoms with E-state index in [9.17, 15) is 5.26 Å². The van der Waals surface area contributed by atoms with E-state index in [-0.39, 0.29) is 35.8 Å². The van der Waals surface area contributed by atoms with Crippen molar-refractivity contribution in [2.45, 2.75) is 70.2 Å². The molecule has 3 aromatic carbocycles. The summed E-state index contributed by atoms with van der Waals surface area (Å²) in [5.74, 6) is 1.06. The first kappa shape index (κ1) is 24.5. The maximum atomic E-state index is 9.46. The number of nitrogens with zero attached hydrogens (tertiary/aromatic N) is 1. The Balaban J connectivity index is 1.26. The van der Waals surface area contributed by atoms with Crippen LogP contribution in [0.25, 0.3) is 22.3 Å². The minimum atomic E-state index is -0.387. The molecule has 0 aromatic heterocycles. The van der Waals surface area contributed by atoms with Gasteiger partial charge < -0.3 is 14.0 Å². The number of benzene rings is 3. The van der Waals surface area contributed by atoms with Crippen molar-refractivity contribution in [1.82, 2.24) is 0 Å². The van der Waals surface area contributed by atoms with E-state index in [0.717, 1.165) is 22.3 Å². The average molecular weight is 513 g/mol. The van der Waals surface area contributed by atoms with Crippen LogP contribution in [0, 0.1) is 11.3 Å². The molecule has 4 nitrogen and oxygen atoms in total. The van der Waals surface area contributed by atoms with Gasteiger partial charge in [-0.3, -0.25) is 0 Å². The Labute approximate surface area is 231 Å². The van der Waals surface area contributed by atoms with Crippen molar-refractivity contribution < 1.29 is 14.0 Å². The van der Waals surface area contributed by atoms with E-state index >= 15 is 0 Å². The smallest absolute Gasteiger partial charge is 0.484 e. The molecule has 2 atom stereocenters. The van der Waals surface area contributed by atoms with Crippen LogP contribution in [0.3, 0.4) is 0 Å². The second kappa shape index (κ2) is 7.97. The van der Waals surface area contributed by atoms with Crippen LogP contribution in [0.1, 0.15) is 69.7 Å². The maximum Gasteiger partial charge on any atom is 0.494 e. The minimum Gasteiger partial charge on any atom is -0.484 e. The number of rotatable bonds is 2. The summed E-state index contributed by atoms with van der Waals surface area (Å²) in [5.41, 5.74) is 9.18. The molecule has 2 heterocycles. The molecule has 1 saturated heterocycles. The summed E-state index contributed by atoms with van der Waals surface area (Å²) in [6.45, 7) is 12.8.